The van der Waals surface area contributed by atoms with E-state index in [0.29, 0.717) is 5.25 Å². The molecule has 3 heteroatoms. The Morgan fingerprint density at radius 1 is 1.36 bits per heavy atom. The number of halogens is 1. The van der Waals surface area contributed by atoms with Gasteiger partial charge in [-0.05, 0) is 18.2 Å². The number of Topliss-reactive ketones (excluding diaryl/α,β-unsaturated/α-hetero) is 1. The summed E-state index contributed by atoms with van der Waals surface area (Å²) in [6.07, 6.45) is 0. The summed E-state index contributed by atoms with van der Waals surface area (Å²) in [5.74, 6) is 0.398. The normalized spacial score (nSPS) is 26.1. The fourth-order valence-corrected chi connectivity index (χ4v) is 3.08. The summed E-state index contributed by atoms with van der Waals surface area (Å²) in [4.78, 5) is 13.1. The summed E-state index contributed by atoms with van der Waals surface area (Å²) in [5.41, 5.74) is 0.870. The molecule has 14 heavy (non-hydrogen) atoms. The summed E-state index contributed by atoms with van der Waals surface area (Å²) < 4.78 is 0.979. The monoisotopic (exact) mass is 270 g/mol. The topological polar surface area (TPSA) is 17.1 Å². The molecule has 0 saturated carbocycles. The maximum Gasteiger partial charge on any atom is 0.167 e. The van der Waals surface area contributed by atoms with Crippen molar-refractivity contribution in [3.8, 4) is 0 Å². The second-order valence-electron chi connectivity index (χ2n) is 3.62. The molecule has 2 atom stereocenters. The molecule has 0 bridgehead atoms. The molecule has 1 aliphatic rings. The Bertz CT molecular complexity index is 389. The Labute approximate surface area is 96.4 Å². The first-order valence-electron chi connectivity index (χ1n) is 4.60. The Kier molecular flexibility index (Phi) is 2.71. The first kappa shape index (κ1) is 10.2. The number of hydrogen-bond acceptors (Lipinski definition) is 2. The molecule has 1 aromatic rings. The quantitative estimate of drug-likeness (QED) is 0.714. The minimum absolute atomic E-state index is 0.127. The van der Waals surface area contributed by atoms with Crippen molar-refractivity contribution in [2.45, 2.75) is 24.0 Å². The van der Waals surface area contributed by atoms with Crippen molar-refractivity contribution in [2.75, 3.05) is 0 Å². The summed E-state index contributed by atoms with van der Waals surface area (Å²) in [5, 5.41) is 0.385. The second kappa shape index (κ2) is 3.70. The van der Waals surface area contributed by atoms with Crippen LogP contribution in [0.25, 0.3) is 0 Å². The number of carbonyl (C=O) groups is 1. The molecule has 0 aromatic heterocycles. The van der Waals surface area contributed by atoms with Crippen LogP contribution in [0.1, 0.15) is 24.2 Å². The van der Waals surface area contributed by atoms with Gasteiger partial charge < -0.3 is 0 Å². The van der Waals surface area contributed by atoms with Crippen molar-refractivity contribution in [2.24, 2.45) is 5.92 Å². The van der Waals surface area contributed by atoms with Crippen LogP contribution < -0.4 is 0 Å². The molecule has 1 heterocycles. The van der Waals surface area contributed by atoms with E-state index in [1.807, 2.05) is 25.1 Å². The molecule has 1 nitrogen and oxygen atoms in total. The van der Waals surface area contributed by atoms with Crippen LogP contribution in [0.3, 0.4) is 0 Å². The molecular weight excluding hydrogens is 260 g/mol. The second-order valence-corrected chi connectivity index (χ2v) is 5.95. The van der Waals surface area contributed by atoms with Crippen LogP contribution in [0.2, 0.25) is 0 Å². The van der Waals surface area contributed by atoms with Gasteiger partial charge in [0.05, 0.1) is 0 Å². The van der Waals surface area contributed by atoms with Gasteiger partial charge >= 0.3 is 0 Å². The van der Waals surface area contributed by atoms with Crippen LogP contribution in [-0.2, 0) is 0 Å². The minimum Gasteiger partial charge on any atom is -0.294 e. The van der Waals surface area contributed by atoms with Gasteiger partial charge in [0.1, 0.15) is 0 Å². The van der Waals surface area contributed by atoms with Crippen molar-refractivity contribution in [1.29, 1.82) is 0 Å². The van der Waals surface area contributed by atoms with Crippen molar-refractivity contribution < 1.29 is 4.79 Å². The molecule has 0 spiro atoms. The predicted molar refractivity (Wildman–Crippen MR) is 63.0 cm³/mol. The average Bonchev–Trinajstić information content (AvgIpc) is 2.16. The fourth-order valence-electron chi connectivity index (χ4n) is 1.56. The summed E-state index contributed by atoms with van der Waals surface area (Å²) >= 11 is 5.18. The van der Waals surface area contributed by atoms with Gasteiger partial charge in [0.15, 0.2) is 5.78 Å². The number of fused-ring (bicyclic) bond motifs is 1. The van der Waals surface area contributed by atoms with Gasteiger partial charge in [0.2, 0.25) is 0 Å². The molecular formula is C11H11BrOS. The molecule has 0 N–H and O–H groups in total. The lowest BCUT2D eigenvalue weighted by atomic mass is 9.96. The lowest BCUT2D eigenvalue weighted by molar-refractivity contribution is 0.0924. The summed E-state index contributed by atoms with van der Waals surface area (Å²) in [7, 11) is 0. The van der Waals surface area contributed by atoms with E-state index in [9.17, 15) is 4.79 Å². The molecule has 2 rings (SSSR count). The van der Waals surface area contributed by atoms with E-state index >= 15 is 0 Å². The molecule has 74 valence electrons. The van der Waals surface area contributed by atoms with Crippen LogP contribution >= 0.6 is 27.7 Å². The largest absolute Gasteiger partial charge is 0.294 e. The van der Waals surface area contributed by atoms with E-state index in [2.05, 4.69) is 22.9 Å². The van der Waals surface area contributed by atoms with Gasteiger partial charge in [-0.3, -0.25) is 4.79 Å². The van der Waals surface area contributed by atoms with E-state index in [1.54, 1.807) is 11.8 Å². The number of rotatable bonds is 0. The Morgan fingerprint density at radius 3 is 2.79 bits per heavy atom. The number of thioether (sulfide) groups is 1. The highest BCUT2D eigenvalue weighted by molar-refractivity contribution is 9.10. The molecule has 0 saturated heterocycles. The number of carbonyl (C=O) groups excluding carboxylic acids is 1. The van der Waals surface area contributed by atoms with Gasteiger partial charge in [-0.15, -0.1) is 11.8 Å². The van der Waals surface area contributed by atoms with Gasteiger partial charge in [0.25, 0.3) is 0 Å². The van der Waals surface area contributed by atoms with Gasteiger partial charge in [-0.25, -0.2) is 0 Å². The Morgan fingerprint density at radius 2 is 2.07 bits per heavy atom. The number of hydrogen-bond donors (Lipinski definition) is 0. The smallest absolute Gasteiger partial charge is 0.167 e. The first-order chi connectivity index (χ1) is 6.59. The Balaban J connectivity index is 2.51. The van der Waals surface area contributed by atoms with Crippen LogP contribution in [0.15, 0.2) is 27.6 Å². The molecule has 0 aliphatic carbocycles. The highest BCUT2D eigenvalue weighted by Gasteiger charge is 2.30. The standard InChI is InChI=1S/C11H11BrOS/c1-6-7(2)14-10-4-3-8(12)5-9(10)11(6)13/h3-7H,1-2H3. The zero-order chi connectivity index (χ0) is 10.3. The first-order valence-corrected chi connectivity index (χ1v) is 6.27. The van der Waals surface area contributed by atoms with Crippen molar-refractivity contribution in [3.63, 3.8) is 0 Å². The SMILES string of the molecule is CC1Sc2ccc(Br)cc2C(=O)C1C. The van der Waals surface area contributed by atoms with Crippen LogP contribution in [-0.4, -0.2) is 11.0 Å². The Hall–Kier alpha value is -0.280. The van der Waals surface area contributed by atoms with Gasteiger partial charge in [-0.1, -0.05) is 29.8 Å². The molecule has 2 unspecified atom stereocenters. The van der Waals surface area contributed by atoms with Crippen molar-refractivity contribution in [3.05, 3.63) is 28.2 Å². The zero-order valence-electron chi connectivity index (χ0n) is 8.08. The van der Waals surface area contributed by atoms with Crippen LogP contribution in [0, 0.1) is 5.92 Å². The van der Waals surface area contributed by atoms with Crippen molar-refractivity contribution in [1.82, 2.24) is 0 Å². The molecule has 0 fully saturated rings. The lowest BCUT2D eigenvalue weighted by Crippen LogP contribution is -2.25. The van der Waals surface area contributed by atoms with Gasteiger partial charge in [-0.2, -0.15) is 0 Å². The molecule has 0 amide bonds. The predicted octanol–water partition coefficient (Wildman–Crippen LogP) is 3.76. The van der Waals surface area contributed by atoms with E-state index in [0.717, 1.165) is 14.9 Å². The minimum atomic E-state index is 0.127. The van der Waals surface area contributed by atoms with Crippen molar-refractivity contribution >= 4 is 33.5 Å². The summed E-state index contributed by atoms with van der Waals surface area (Å²) in [6, 6.07) is 5.93. The van der Waals surface area contributed by atoms with E-state index in [1.165, 1.54) is 0 Å². The third-order valence-electron chi connectivity index (χ3n) is 2.64. The van der Waals surface area contributed by atoms with E-state index in [-0.39, 0.29) is 11.7 Å². The van der Waals surface area contributed by atoms with Crippen LogP contribution in [0.5, 0.6) is 0 Å². The highest BCUT2D eigenvalue weighted by Crippen LogP contribution is 2.38. The zero-order valence-corrected chi connectivity index (χ0v) is 10.5. The third kappa shape index (κ3) is 1.63. The highest BCUT2D eigenvalue weighted by atomic mass is 79.9. The maximum atomic E-state index is 11.9. The molecule has 1 aromatic carbocycles. The molecule has 1 aliphatic heterocycles. The fraction of sp³-hybridized carbons (Fsp3) is 0.364. The maximum absolute atomic E-state index is 11.9. The van der Waals surface area contributed by atoms with Gasteiger partial charge in [0, 0.05) is 26.1 Å². The number of benzene rings is 1. The number of ketones is 1. The molecule has 0 radical (unpaired) electrons. The summed E-state index contributed by atoms with van der Waals surface area (Å²) in [6.45, 7) is 4.11. The third-order valence-corrected chi connectivity index (χ3v) is 4.52. The van der Waals surface area contributed by atoms with E-state index < -0.39 is 0 Å². The van der Waals surface area contributed by atoms with Crippen LogP contribution in [0.4, 0.5) is 0 Å². The lowest BCUT2D eigenvalue weighted by Gasteiger charge is -2.25. The average molecular weight is 271 g/mol. The van der Waals surface area contributed by atoms with E-state index in [4.69, 9.17) is 0 Å².